The third-order valence-corrected chi connectivity index (χ3v) is 2.52. The van der Waals surface area contributed by atoms with E-state index < -0.39 is 0 Å². The van der Waals surface area contributed by atoms with Gasteiger partial charge in [-0.25, -0.2) is 0 Å². The van der Waals surface area contributed by atoms with E-state index in [0.717, 1.165) is 37.0 Å². The van der Waals surface area contributed by atoms with Gasteiger partial charge in [0.25, 0.3) is 0 Å². The van der Waals surface area contributed by atoms with Gasteiger partial charge in [-0.1, -0.05) is 23.7 Å². The Morgan fingerprint density at radius 2 is 1.79 bits per heavy atom. The van der Waals surface area contributed by atoms with Crippen LogP contribution in [0.5, 0.6) is 0 Å². The second-order valence-electron chi connectivity index (χ2n) is 3.05. The number of halogens is 1. The first kappa shape index (κ1) is 11.3. The van der Waals surface area contributed by atoms with E-state index in [1.54, 1.807) is 0 Å². The predicted molar refractivity (Wildman–Crippen MR) is 59.5 cm³/mol. The molecule has 1 heterocycles. The molecule has 0 radical (unpaired) electrons. The molecule has 3 N–H and O–H groups in total. The van der Waals surface area contributed by atoms with Crippen molar-refractivity contribution < 1.29 is 4.74 Å². The maximum absolute atomic E-state index is 6.08. The lowest BCUT2D eigenvalue weighted by molar-refractivity contribution is 0.122. The van der Waals surface area contributed by atoms with E-state index in [9.17, 15) is 0 Å². The smallest absolute Gasteiger partial charge is 0.0642 e. The summed E-state index contributed by atoms with van der Waals surface area (Å²) in [6, 6.07) is 7.93. The molecule has 0 amide bonds. The number of nitrogens with zero attached hydrogens (tertiary/aromatic N) is 1. The first-order valence-electron chi connectivity index (χ1n) is 4.45. The molecule has 0 saturated carbocycles. The molecule has 0 unspecified atom stereocenters. The number of benzene rings is 1. The van der Waals surface area contributed by atoms with Crippen LogP contribution >= 0.6 is 11.6 Å². The van der Waals surface area contributed by atoms with Crippen molar-refractivity contribution in [3.63, 3.8) is 0 Å². The maximum Gasteiger partial charge on any atom is 0.0642 e. The van der Waals surface area contributed by atoms with Gasteiger partial charge in [-0.05, 0) is 12.1 Å². The summed E-state index contributed by atoms with van der Waals surface area (Å²) in [5, 5.41) is 0.824. The molecule has 14 heavy (non-hydrogen) atoms. The molecule has 1 aliphatic heterocycles. The van der Waals surface area contributed by atoms with Gasteiger partial charge >= 0.3 is 0 Å². The molecule has 1 aliphatic rings. The average molecular weight is 215 g/mol. The van der Waals surface area contributed by atoms with Crippen molar-refractivity contribution >= 4 is 17.3 Å². The molecule has 2 rings (SSSR count). The Bertz CT molecular complexity index is 287. The molecule has 4 heteroatoms. The van der Waals surface area contributed by atoms with Gasteiger partial charge in [0.05, 0.1) is 23.9 Å². The Kier molecular flexibility index (Phi) is 4.20. The lowest BCUT2D eigenvalue weighted by Crippen LogP contribution is -2.36. The van der Waals surface area contributed by atoms with Crippen molar-refractivity contribution in [1.82, 2.24) is 6.15 Å². The molecule has 1 fully saturated rings. The number of anilines is 1. The van der Waals surface area contributed by atoms with Crippen LogP contribution in [0.25, 0.3) is 0 Å². The largest absolute Gasteiger partial charge is 0.378 e. The Morgan fingerprint density at radius 3 is 2.43 bits per heavy atom. The molecule has 0 bridgehead atoms. The predicted octanol–water partition coefficient (Wildman–Crippen LogP) is 2.34. The molecule has 0 spiro atoms. The molecule has 78 valence electrons. The summed E-state index contributed by atoms with van der Waals surface area (Å²) in [5.41, 5.74) is 1.12. The van der Waals surface area contributed by atoms with Crippen molar-refractivity contribution in [2.75, 3.05) is 31.2 Å². The highest BCUT2D eigenvalue weighted by atomic mass is 35.5. The van der Waals surface area contributed by atoms with E-state index in [-0.39, 0.29) is 6.15 Å². The van der Waals surface area contributed by atoms with E-state index in [2.05, 4.69) is 4.90 Å². The van der Waals surface area contributed by atoms with E-state index in [0.29, 0.717) is 0 Å². The fourth-order valence-electron chi connectivity index (χ4n) is 1.51. The van der Waals surface area contributed by atoms with Crippen molar-refractivity contribution in [2.24, 2.45) is 0 Å². The van der Waals surface area contributed by atoms with Crippen LogP contribution in [0.15, 0.2) is 24.3 Å². The fourth-order valence-corrected chi connectivity index (χ4v) is 1.77. The lowest BCUT2D eigenvalue weighted by Gasteiger charge is -2.29. The molecule has 1 saturated heterocycles. The van der Waals surface area contributed by atoms with E-state index in [1.807, 2.05) is 24.3 Å². The van der Waals surface area contributed by atoms with Gasteiger partial charge in [0, 0.05) is 13.1 Å². The van der Waals surface area contributed by atoms with Gasteiger partial charge < -0.3 is 15.8 Å². The average Bonchev–Trinajstić information content (AvgIpc) is 2.20. The fraction of sp³-hybridized carbons (Fsp3) is 0.400. The Labute approximate surface area is 89.2 Å². The Balaban J connectivity index is 0.000000980. The summed E-state index contributed by atoms with van der Waals surface area (Å²) < 4.78 is 5.28. The minimum atomic E-state index is 0. The standard InChI is InChI=1S/C10H12ClNO.H3N/c11-9-3-1-2-4-10(9)12-5-7-13-8-6-12;/h1-4H,5-8H2;1H3. The number of rotatable bonds is 1. The van der Waals surface area contributed by atoms with Crippen LogP contribution in [0.3, 0.4) is 0 Å². The second kappa shape index (κ2) is 5.20. The van der Waals surface area contributed by atoms with Crippen LogP contribution in [0.4, 0.5) is 5.69 Å². The van der Waals surface area contributed by atoms with Crippen molar-refractivity contribution in [3.05, 3.63) is 29.3 Å². The molecule has 1 aromatic carbocycles. The Morgan fingerprint density at radius 1 is 1.14 bits per heavy atom. The third kappa shape index (κ3) is 2.38. The van der Waals surface area contributed by atoms with Gasteiger partial charge in [0.1, 0.15) is 0 Å². The summed E-state index contributed by atoms with van der Waals surface area (Å²) in [6.45, 7) is 3.46. The molecular formula is C10H15ClN2O. The molecular weight excluding hydrogens is 200 g/mol. The first-order chi connectivity index (χ1) is 6.38. The highest BCUT2D eigenvalue weighted by Crippen LogP contribution is 2.25. The van der Waals surface area contributed by atoms with E-state index in [4.69, 9.17) is 16.3 Å². The van der Waals surface area contributed by atoms with Gasteiger partial charge in [-0.2, -0.15) is 0 Å². The van der Waals surface area contributed by atoms with Crippen LogP contribution in [0.2, 0.25) is 5.02 Å². The summed E-state index contributed by atoms with van der Waals surface area (Å²) in [4.78, 5) is 2.26. The molecule has 1 aromatic rings. The number of hydrogen-bond donors (Lipinski definition) is 1. The topological polar surface area (TPSA) is 47.5 Å². The molecule has 0 aromatic heterocycles. The first-order valence-corrected chi connectivity index (χ1v) is 4.83. The lowest BCUT2D eigenvalue weighted by atomic mass is 10.2. The van der Waals surface area contributed by atoms with Crippen molar-refractivity contribution in [2.45, 2.75) is 0 Å². The van der Waals surface area contributed by atoms with Gasteiger partial charge in [0.2, 0.25) is 0 Å². The number of hydrogen-bond acceptors (Lipinski definition) is 3. The molecule has 0 aliphatic carbocycles. The quantitative estimate of drug-likeness (QED) is 0.781. The highest BCUT2D eigenvalue weighted by Gasteiger charge is 2.12. The third-order valence-electron chi connectivity index (χ3n) is 2.20. The van der Waals surface area contributed by atoms with E-state index >= 15 is 0 Å². The summed E-state index contributed by atoms with van der Waals surface area (Å²) in [6.07, 6.45) is 0. The molecule has 3 nitrogen and oxygen atoms in total. The number of morpholine rings is 1. The minimum absolute atomic E-state index is 0. The van der Waals surface area contributed by atoms with Gasteiger partial charge in [-0.15, -0.1) is 0 Å². The minimum Gasteiger partial charge on any atom is -0.378 e. The maximum atomic E-state index is 6.08. The van der Waals surface area contributed by atoms with Gasteiger partial charge in [0.15, 0.2) is 0 Å². The summed E-state index contributed by atoms with van der Waals surface area (Å²) >= 11 is 6.08. The second-order valence-corrected chi connectivity index (χ2v) is 3.46. The zero-order valence-electron chi connectivity index (χ0n) is 8.08. The Hall–Kier alpha value is -0.770. The van der Waals surface area contributed by atoms with Crippen LogP contribution < -0.4 is 11.1 Å². The normalized spacial score (nSPS) is 16.2. The monoisotopic (exact) mass is 214 g/mol. The highest BCUT2D eigenvalue weighted by molar-refractivity contribution is 6.33. The number of para-hydroxylation sites is 1. The van der Waals surface area contributed by atoms with Crippen molar-refractivity contribution in [3.8, 4) is 0 Å². The van der Waals surface area contributed by atoms with Crippen LogP contribution in [-0.4, -0.2) is 26.3 Å². The molecule has 0 atom stereocenters. The van der Waals surface area contributed by atoms with Gasteiger partial charge in [-0.3, -0.25) is 0 Å². The SMILES string of the molecule is Clc1ccccc1N1CCOCC1.N. The number of ether oxygens (including phenoxy) is 1. The van der Waals surface area contributed by atoms with Crippen molar-refractivity contribution in [1.29, 1.82) is 0 Å². The zero-order valence-corrected chi connectivity index (χ0v) is 8.83. The summed E-state index contributed by atoms with van der Waals surface area (Å²) in [5.74, 6) is 0. The van der Waals surface area contributed by atoms with Crippen LogP contribution in [0, 0.1) is 0 Å². The van der Waals surface area contributed by atoms with Crippen LogP contribution in [0.1, 0.15) is 0 Å². The zero-order chi connectivity index (χ0) is 9.10. The van der Waals surface area contributed by atoms with E-state index in [1.165, 1.54) is 0 Å². The summed E-state index contributed by atoms with van der Waals surface area (Å²) in [7, 11) is 0. The van der Waals surface area contributed by atoms with Crippen LogP contribution in [-0.2, 0) is 4.74 Å².